The number of amides is 1. The van der Waals surface area contributed by atoms with Gasteiger partial charge in [0.1, 0.15) is 31.4 Å². The van der Waals surface area contributed by atoms with E-state index in [0.717, 1.165) is 42.9 Å². The van der Waals surface area contributed by atoms with Gasteiger partial charge in [0.25, 0.3) is 5.91 Å². The first-order valence-corrected chi connectivity index (χ1v) is 9.64. The second-order valence-corrected chi connectivity index (χ2v) is 7.26. The Hall–Kier alpha value is -1.89. The summed E-state index contributed by atoms with van der Waals surface area (Å²) in [7, 11) is 0. The lowest BCUT2D eigenvalue weighted by atomic mass is 10.1. The number of carbonyl (C=O) groups excluding carboxylic acids is 1. The van der Waals surface area contributed by atoms with Crippen molar-refractivity contribution in [1.29, 1.82) is 0 Å². The number of nitrogens with one attached hydrogen (secondary N) is 2. The van der Waals surface area contributed by atoms with E-state index in [1.807, 2.05) is 42.5 Å². The van der Waals surface area contributed by atoms with Crippen LogP contribution in [0.3, 0.4) is 0 Å². The van der Waals surface area contributed by atoms with Crippen molar-refractivity contribution in [3.05, 3.63) is 64.6 Å². The molecule has 3 rings (SSSR count). The molecule has 0 saturated carbocycles. The summed E-state index contributed by atoms with van der Waals surface area (Å²) < 4.78 is 12.0. The highest BCUT2D eigenvalue weighted by Crippen LogP contribution is 2.17. The molecule has 1 heterocycles. The van der Waals surface area contributed by atoms with E-state index in [-0.39, 0.29) is 18.6 Å². The van der Waals surface area contributed by atoms with Gasteiger partial charge in [0.2, 0.25) is 0 Å². The van der Waals surface area contributed by atoms with E-state index in [1.165, 1.54) is 4.90 Å². The largest absolute Gasteiger partial charge is 0.484 e. The van der Waals surface area contributed by atoms with Crippen LogP contribution in [0.5, 0.6) is 5.75 Å². The standard InChI is InChI=1S/C20H23BrN2O3/c21-17-7-4-8-18(13-17)26-15-20(24)22-19(16-5-2-1-3-6-16)14-23-9-11-25-12-10-23/h1-8,13,19H,9-12,14-15H2,(H,22,24)/p+1/t19-/m1/s1. The molecule has 138 valence electrons. The molecule has 1 saturated heterocycles. The van der Waals surface area contributed by atoms with Gasteiger partial charge >= 0.3 is 0 Å². The first kappa shape index (κ1) is 18.9. The molecule has 1 aliphatic heterocycles. The molecular weight excluding hydrogens is 396 g/mol. The molecule has 5 nitrogen and oxygen atoms in total. The molecule has 2 aromatic carbocycles. The Morgan fingerprint density at radius 1 is 1.15 bits per heavy atom. The first-order chi connectivity index (χ1) is 12.7. The summed E-state index contributed by atoms with van der Waals surface area (Å²) >= 11 is 3.40. The summed E-state index contributed by atoms with van der Waals surface area (Å²) in [6.07, 6.45) is 0. The van der Waals surface area contributed by atoms with E-state index < -0.39 is 0 Å². The van der Waals surface area contributed by atoms with Crippen molar-refractivity contribution in [2.75, 3.05) is 39.5 Å². The Kier molecular flexibility index (Phi) is 7.05. The zero-order valence-electron chi connectivity index (χ0n) is 14.6. The fourth-order valence-corrected chi connectivity index (χ4v) is 3.41. The van der Waals surface area contributed by atoms with Crippen LogP contribution in [0.15, 0.2) is 59.1 Å². The van der Waals surface area contributed by atoms with Crippen LogP contribution in [0.1, 0.15) is 11.6 Å². The first-order valence-electron chi connectivity index (χ1n) is 8.85. The lowest BCUT2D eigenvalue weighted by Gasteiger charge is -2.28. The summed E-state index contributed by atoms with van der Waals surface area (Å²) in [5.74, 6) is 0.552. The molecule has 0 spiro atoms. The molecule has 2 aromatic rings. The molecule has 1 atom stereocenters. The highest BCUT2D eigenvalue weighted by Gasteiger charge is 2.23. The van der Waals surface area contributed by atoms with Gasteiger partial charge in [-0.25, -0.2) is 0 Å². The molecule has 0 radical (unpaired) electrons. The fourth-order valence-electron chi connectivity index (χ4n) is 3.03. The number of morpholine rings is 1. The number of benzene rings is 2. The Morgan fingerprint density at radius 2 is 1.92 bits per heavy atom. The second-order valence-electron chi connectivity index (χ2n) is 6.34. The number of rotatable bonds is 7. The van der Waals surface area contributed by atoms with Gasteiger partial charge in [0.05, 0.1) is 13.2 Å². The lowest BCUT2D eigenvalue weighted by molar-refractivity contribution is -0.909. The zero-order chi connectivity index (χ0) is 18.2. The Labute approximate surface area is 162 Å². The molecule has 1 fully saturated rings. The van der Waals surface area contributed by atoms with E-state index >= 15 is 0 Å². The highest BCUT2D eigenvalue weighted by atomic mass is 79.9. The monoisotopic (exact) mass is 419 g/mol. The van der Waals surface area contributed by atoms with Gasteiger partial charge in [0, 0.05) is 4.47 Å². The summed E-state index contributed by atoms with van der Waals surface area (Å²) in [5, 5.41) is 3.13. The quantitative estimate of drug-likeness (QED) is 0.716. The molecule has 0 unspecified atom stereocenters. The normalized spacial score (nSPS) is 16.0. The van der Waals surface area contributed by atoms with Crippen molar-refractivity contribution in [1.82, 2.24) is 5.32 Å². The second kappa shape index (κ2) is 9.71. The van der Waals surface area contributed by atoms with Gasteiger partial charge < -0.3 is 19.7 Å². The minimum Gasteiger partial charge on any atom is -0.484 e. The van der Waals surface area contributed by atoms with Crippen LogP contribution in [-0.4, -0.2) is 45.4 Å². The molecule has 0 aromatic heterocycles. The molecule has 26 heavy (non-hydrogen) atoms. The van der Waals surface area contributed by atoms with E-state index in [1.54, 1.807) is 0 Å². The maximum atomic E-state index is 12.4. The Bertz CT molecular complexity index is 705. The summed E-state index contributed by atoms with van der Waals surface area (Å²) in [4.78, 5) is 13.9. The summed E-state index contributed by atoms with van der Waals surface area (Å²) in [5.41, 5.74) is 1.11. The van der Waals surface area contributed by atoms with Crippen molar-refractivity contribution in [3.63, 3.8) is 0 Å². The topological polar surface area (TPSA) is 52.0 Å². The lowest BCUT2D eigenvalue weighted by Crippen LogP contribution is -3.14. The van der Waals surface area contributed by atoms with E-state index in [9.17, 15) is 4.79 Å². The molecule has 6 heteroatoms. The molecule has 2 N–H and O–H groups in total. The number of hydrogen-bond donors (Lipinski definition) is 2. The molecule has 0 bridgehead atoms. The van der Waals surface area contributed by atoms with E-state index in [2.05, 4.69) is 33.4 Å². The van der Waals surface area contributed by atoms with Gasteiger partial charge in [-0.3, -0.25) is 4.79 Å². The van der Waals surface area contributed by atoms with E-state index in [0.29, 0.717) is 5.75 Å². The maximum Gasteiger partial charge on any atom is 0.258 e. The molecule has 0 aliphatic carbocycles. The Balaban J connectivity index is 1.59. The van der Waals surface area contributed by atoms with Crippen LogP contribution >= 0.6 is 15.9 Å². The van der Waals surface area contributed by atoms with E-state index in [4.69, 9.17) is 9.47 Å². The number of quaternary nitrogens is 1. The van der Waals surface area contributed by atoms with Crippen LogP contribution in [0.2, 0.25) is 0 Å². The molecule has 1 aliphatic rings. The van der Waals surface area contributed by atoms with Crippen LogP contribution in [0, 0.1) is 0 Å². The predicted molar refractivity (Wildman–Crippen MR) is 103 cm³/mol. The van der Waals surface area contributed by atoms with Crippen LogP contribution in [0.4, 0.5) is 0 Å². The van der Waals surface area contributed by atoms with Gasteiger partial charge in [-0.2, -0.15) is 0 Å². The minimum absolute atomic E-state index is 0.00175. The Morgan fingerprint density at radius 3 is 2.65 bits per heavy atom. The van der Waals surface area contributed by atoms with Gasteiger partial charge in [-0.05, 0) is 23.8 Å². The van der Waals surface area contributed by atoms with Crippen LogP contribution in [-0.2, 0) is 9.53 Å². The van der Waals surface area contributed by atoms with Gasteiger partial charge in [-0.15, -0.1) is 0 Å². The number of halogens is 1. The summed E-state index contributed by atoms with van der Waals surface area (Å²) in [6, 6.07) is 17.5. The average molecular weight is 420 g/mol. The van der Waals surface area contributed by atoms with Gasteiger partial charge in [0.15, 0.2) is 6.61 Å². The molecular formula is C20H24BrN2O3+. The number of carbonyl (C=O) groups is 1. The highest BCUT2D eigenvalue weighted by molar-refractivity contribution is 9.10. The van der Waals surface area contributed by atoms with Gasteiger partial charge in [-0.1, -0.05) is 52.3 Å². The zero-order valence-corrected chi connectivity index (χ0v) is 16.2. The average Bonchev–Trinajstić information content (AvgIpc) is 2.67. The van der Waals surface area contributed by atoms with Crippen molar-refractivity contribution >= 4 is 21.8 Å². The van der Waals surface area contributed by atoms with Crippen molar-refractivity contribution < 1.29 is 19.2 Å². The SMILES string of the molecule is O=C(COc1cccc(Br)c1)N[C@H](C[NH+]1CCOCC1)c1ccccc1. The summed E-state index contributed by atoms with van der Waals surface area (Å²) in [6.45, 7) is 4.32. The minimum atomic E-state index is -0.119. The third kappa shape index (κ3) is 5.83. The van der Waals surface area contributed by atoms with Crippen molar-refractivity contribution in [3.8, 4) is 5.75 Å². The third-order valence-corrected chi connectivity index (χ3v) is 4.89. The predicted octanol–water partition coefficient (Wildman–Crippen LogP) is 1.60. The molecule has 1 amide bonds. The maximum absolute atomic E-state index is 12.4. The smallest absolute Gasteiger partial charge is 0.258 e. The van der Waals surface area contributed by atoms with Crippen molar-refractivity contribution in [2.24, 2.45) is 0 Å². The third-order valence-electron chi connectivity index (χ3n) is 4.40. The van der Waals surface area contributed by atoms with Crippen LogP contribution in [0.25, 0.3) is 0 Å². The fraction of sp³-hybridized carbons (Fsp3) is 0.350. The number of ether oxygens (including phenoxy) is 2. The number of hydrogen-bond acceptors (Lipinski definition) is 3. The van der Waals surface area contributed by atoms with Crippen LogP contribution < -0.4 is 15.0 Å². The van der Waals surface area contributed by atoms with Crippen molar-refractivity contribution in [2.45, 2.75) is 6.04 Å².